The first-order valence-electron chi connectivity index (χ1n) is 5.89. The molecule has 0 fully saturated rings. The van der Waals surface area contributed by atoms with Crippen LogP contribution >= 0.6 is 67.8 Å². The first-order valence-corrected chi connectivity index (χ1v) is 9.13. The minimum atomic E-state index is 0.0846. The molecule has 0 aliphatic rings. The Kier molecular flexibility index (Phi) is 6.53. The Morgan fingerprint density at radius 1 is 1.00 bits per heavy atom. The van der Waals surface area contributed by atoms with Crippen molar-refractivity contribution >= 4 is 73.6 Å². The molecule has 5 heteroatoms. The molecule has 2 nitrogen and oxygen atoms in total. The van der Waals surface area contributed by atoms with E-state index < -0.39 is 0 Å². The van der Waals surface area contributed by atoms with Crippen molar-refractivity contribution in [3.8, 4) is 5.75 Å². The molecule has 104 valence electrons. The van der Waals surface area contributed by atoms with Gasteiger partial charge in [-0.05, 0) is 85.5 Å². The van der Waals surface area contributed by atoms with Crippen LogP contribution in [0.25, 0.3) is 0 Å². The van der Waals surface area contributed by atoms with Crippen molar-refractivity contribution in [2.24, 2.45) is 0 Å². The minimum Gasteiger partial charge on any atom is -0.484 e. The Bertz CT molecular complexity index is 589. The number of benzene rings is 2. The number of Topliss-reactive ketones (excluding diaryl/α,β-unsaturated/α-hetero) is 1. The zero-order valence-electron chi connectivity index (χ0n) is 10.4. The maximum atomic E-state index is 11.9. The molecule has 0 amide bonds. The molecule has 2 aromatic carbocycles. The van der Waals surface area contributed by atoms with Gasteiger partial charge in [0.1, 0.15) is 12.4 Å². The minimum absolute atomic E-state index is 0.0846. The molecular weight excluding hydrogens is 593 g/mol. The molecule has 0 aliphatic heterocycles. The van der Waals surface area contributed by atoms with Crippen LogP contribution in [0.5, 0.6) is 5.75 Å². The lowest BCUT2D eigenvalue weighted by Crippen LogP contribution is -2.14. The van der Waals surface area contributed by atoms with Crippen LogP contribution < -0.4 is 4.74 Å². The van der Waals surface area contributed by atoms with Crippen LogP contribution in [0.3, 0.4) is 0 Å². The molecule has 0 spiro atoms. The number of halogens is 3. The number of ketones is 1. The lowest BCUT2D eigenvalue weighted by atomic mass is 10.1. The summed E-state index contributed by atoms with van der Waals surface area (Å²) in [4.78, 5) is 11.9. The van der Waals surface area contributed by atoms with E-state index in [0.717, 1.165) is 18.5 Å². The first kappa shape index (κ1) is 16.5. The van der Waals surface area contributed by atoms with Gasteiger partial charge in [0.05, 0.1) is 7.14 Å². The topological polar surface area (TPSA) is 26.3 Å². The molecule has 20 heavy (non-hydrogen) atoms. The fraction of sp³-hybridized carbons (Fsp3) is 0.133. The normalized spacial score (nSPS) is 10.3. The zero-order chi connectivity index (χ0) is 14.5. The molecule has 2 rings (SSSR count). The van der Waals surface area contributed by atoms with Gasteiger partial charge in [0.2, 0.25) is 0 Å². The van der Waals surface area contributed by atoms with Crippen molar-refractivity contribution in [2.45, 2.75) is 6.42 Å². The van der Waals surface area contributed by atoms with E-state index in [1.54, 1.807) is 0 Å². The SMILES string of the molecule is O=C(COc1c(I)cc(I)cc1I)Cc1ccccc1. The third-order valence-electron chi connectivity index (χ3n) is 2.58. The van der Waals surface area contributed by atoms with E-state index >= 15 is 0 Å². The quantitative estimate of drug-likeness (QED) is 0.464. The predicted octanol–water partition coefficient (Wildman–Crippen LogP) is 4.69. The Labute approximate surface area is 159 Å². The van der Waals surface area contributed by atoms with Gasteiger partial charge in [0.15, 0.2) is 5.78 Å². The maximum absolute atomic E-state index is 11.9. The highest BCUT2D eigenvalue weighted by Crippen LogP contribution is 2.29. The van der Waals surface area contributed by atoms with Gasteiger partial charge in [-0.2, -0.15) is 0 Å². The Morgan fingerprint density at radius 2 is 1.60 bits per heavy atom. The summed E-state index contributed by atoms with van der Waals surface area (Å²) >= 11 is 6.74. The van der Waals surface area contributed by atoms with E-state index in [1.807, 2.05) is 42.5 Å². The maximum Gasteiger partial charge on any atom is 0.174 e. The van der Waals surface area contributed by atoms with Crippen LogP contribution in [-0.4, -0.2) is 12.4 Å². The summed E-state index contributed by atoms with van der Waals surface area (Å²) in [5.41, 5.74) is 1.02. The molecule has 0 heterocycles. The summed E-state index contributed by atoms with van der Waals surface area (Å²) in [6, 6.07) is 13.8. The molecule has 0 radical (unpaired) electrons. The van der Waals surface area contributed by atoms with E-state index in [0.29, 0.717) is 6.42 Å². The van der Waals surface area contributed by atoms with Gasteiger partial charge in [-0.25, -0.2) is 0 Å². The second-order valence-corrected chi connectivity index (χ2v) is 7.76. The number of hydrogen-bond donors (Lipinski definition) is 0. The Hall–Kier alpha value is 0.1000. The van der Waals surface area contributed by atoms with E-state index in [-0.39, 0.29) is 12.4 Å². The number of carbonyl (C=O) groups is 1. The molecule has 0 aromatic heterocycles. The second kappa shape index (κ2) is 7.92. The lowest BCUT2D eigenvalue weighted by molar-refractivity contribution is -0.120. The predicted molar refractivity (Wildman–Crippen MR) is 105 cm³/mol. The second-order valence-electron chi connectivity index (χ2n) is 4.19. The molecule has 0 bridgehead atoms. The smallest absolute Gasteiger partial charge is 0.174 e. The Morgan fingerprint density at radius 3 is 2.20 bits per heavy atom. The number of carbonyl (C=O) groups excluding carboxylic acids is 1. The van der Waals surface area contributed by atoms with Gasteiger partial charge >= 0.3 is 0 Å². The summed E-state index contributed by atoms with van der Waals surface area (Å²) in [5, 5.41) is 0. The molecular formula is C15H11I3O2. The average molecular weight is 604 g/mol. The molecule has 0 atom stereocenters. The van der Waals surface area contributed by atoms with Gasteiger partial charge in [0.25, 0.3) is 0 Å². The summed E-state index contributed by atoms with van der Waals surface area (Å²) in [6.07, 6.45) is 0.415. The van der Waals surface area contributed by atoms with Gasteiger partial charge in [-0.15, -0.1) is 0 Å². The summed E-state index contributed by atoms with van der Waals surface area (Å²) in [6.45, 7) is 0.113. The van der Waals surface area contributed by atoms with Crippen LogP contribution in [0.15, 0.2) is 42.5 Å². The van der Waals surface area contributed by atoms with Crippen LogP contribution in [0.4, 0.5) is 0 Å². The van der Waals surface area contributed by atoms with E-state index in [1.165, 1.54) is 3.57 Å². The fourth-order valence-electron chi connectivity index (χ4n) is 1.69. The van der Waals surface area contributed by atoms with Crippen molar-refractivity contribution in [1.82, 2.24) is 0 Å². The zero-order valence-corrected chi connectivity index (χ0v) is 16.9. The third-order valence-corrected chi connectivity index (χ3v) is 4.81. The molecule has 0 saturated heterocycles. The number of hydrogen-bond acceptors (Lipinski definition) is 2. The number of rotatable bonds is 5. The van der Waals surface area contributed by atoms with Gasteiger partial charge in [-0.3, -0.25) is 4.79 Å². The molecule has 0 saturated carbocycles. The largest absolute Gasteiger partial charge is 0.484 e. The third kappa shape index (κ3) is 4.83. The van der Waals surface area contributed by atoms with Gasteiger partial charge in [0, 0.05) is 9.99 Å². The highest BCUT2D eigenvalue weighted by Gasteiger charge is 2.11. The summed E-state index contributed by atoms with van der Waals surface area (Å²) in [5.74, 6) is 0.884. The van der Waals surface area contributed by atoms with Crippen molar-refractivity contribution in [2.75, 3.05) is 6.61 Å². The van der Waals surface area contributed by atoms with Crippen molar-refractivity contribution in [1.29, 1.82) is 0 Å². The first-order chi connectivity index (χ1) is 9.56. The van der Waals surface area contributed by atoms with E-state index in [2.05, 4.69) is 67.8 Å². The van der Waals surface area contributed by atoms with E-state index in [9.17, 15) is 4.79 Å². The van der Waals surface area contributed by atoms with Crippen molar-refractivity contribution in [3.63, 3.8) is 0 Å². The summed E-state index contributed by atoms with van der Waals surface area (Å²) in [7, 11) is 0. The molecule has 0 aliphatic carbocycles. The highest BCUT2D eigenvalue weighted by atomic mass is 127. The highest BCUT2D eigenvalue weighted by molar-refractivity contribution is 14.1. The van der Waals surface area contributed by atoms with E-state index in [4.69, 9.17) is 4.74 Å². The summed E-state index contributed by atoms with van der Waals surface area (Å²) < 4.78 is 8.92. The van der Waals surface area contributed by atoms with Crippen molar-refractivity contribution in [3.05, 3.63) is 58.7 Å². The monoisotopic (exact) mass is 604 g/mol. The van der Waals surface area contributed by atoms with Crippen LogP contribution in [0, 0.1) is 10.7 Å². The average Bonchev–Trinajstić information content (AvgIpc) is 2.38. The Balaban J connectivity index is 1.97. The van der Waals surface area contributed by atoms with Crippen molar-refractivity contribution < 1.29 is 9.53 Å². The lowest BCUT2D eigenvalue weighted by Gasteiger charge is -2.10. The van der Waals surface area contributed by atoms with Gasteiger partial charge < -0.3 is 4.74 Å². The van der Waals surface area contributed by atoms with Crippen LogP contribution in [0.2, 0.25) is 0 Å². The van der Waals surface area contributed by atoms with Gasteiger partial charge in [-0.1, -0.05) is 30.3 Å². The molecule has 0 unspecified atom stereocenters. The molecule has 2 aromatic rings. The fourth-order valence-corrected chi connectivity index (χ4v) is 5.59. The van der Waals surface area contributed by atoms with Crippen LogP contribution in [0.1, 0.15) is 5.56 Å². The number of ether oxygens (including phenoxy) is 1. The molecule has 0 N–H and O–H groups in total. The van der Waals surface area contributed by atoms with Crippen LogP contribution in [-0.2, 0) is 11.2 Å². The standard InChI is InChI=1S/C15H11I3O2/c16-11-7-13(17)15(14(18)8-11)20-9-12(19)6-10-4-2-1-3-5-10/h1-5,7-8H,6,9H2.